The fraction of sp³-hybridized carbons (Fsp3) is 0.120. The zero-order chi connectivity index (χ0) is 22.3. The number of anilines is 1. The lowest BCUT2D eigenvalue weighted by atomic mass is 10.0. The number of nitrogens with one attached hydrogen (secondary N) is 1. The average Bonchev–Trinajstić information content (AvgIpc) is 3.25. The highest BCUT2D eigenvalue weighted by molar-refractivity contribution is 7.18. The van der Waals surface area contributed by atoms with Crippen molar-refractivity contribution in [2.45, 2.75) is 12.8 Å². The van der Waals surface area contributed by atoms with Crippen LogP contribution in [0.25, 0.3) is 10.2 Å². The third kappa shape index (κ3) is 5.25. The van der Waals surface area contributed by atoms with Gasteiger partial charge >= 0.3 is 5.97 Å². The molecule has 0 spiro atoms. The molecule has 0 saturated carbocycles. The van der Waals surface area contributed by atoms with Crippen LogP contribution in [0.15, 0.2) is 78.9 Å². The van der Waals surface area contributed by atoms with Crippen LogP contribution >= 0.6 is 11.3 Å². The van der Waals surface area contributed by atoms with E-state index in [4.69, 9.17) is 4.74 Å². The van der Waals surface area contributed by atoms with Crippen LogP contribution < -0.4 is 5.32 Å². The normalized spacial score (nSPS) is 10.6. The Morgan fingerprint density at radius 1 is 0.875 bits per heavy atom. The molecule has 4 rings (SSSR count). The molecule has 7 heteroatoms. The van der Waals surface area contributed by atoms with E-state index in [2.05, 4.69) is 10.3 Å². The molecular weight excluding hydrogens is 424 g/mol. The summed E-state index contributed by atoms with van der Waals surface area (Å²) in [6.07, 6.45) is 0.588. The van der Waals surface area contributed by atoms with Crippen LogP contribution in [0.3, 0.4) is 0 Å². The number of carbonyl (C=O) groups excluding carboxylic acids is 3. The van der Waals surface area contributed by atoms with Crippen LogP contribution in [-0.2, 0) is 20.7 Å². The van der Waals surface area contributed by atoms with E-state index in [0.29, 0.717) is 23.2 Å². The van der Waals surface area contributed by atoms with E-state index < -0.39 is 18.5 Å². The number of carbonyl (C=O) groups is 3. The second-order valence-corrected chi connectivity index (χ2v) is 8.14. The minimum atomic E-state index is -0.508. The molecular formula is C25H20N2O4S. The molecule has 0 bridgehead atoms. The van der Waals surface area contributed by atoms with Gasteiger partial charge in [-0.2, -0.15) is 0 Å². The number of aromatic nitrogens is 1. The van der Waals surface area contributed by atoms with Gasteiger partial charge in [0, 0.05) is 17.5 Å². The summed E-state index contributed by atoms with van der Waals surface area (Å²) in [6.45, 7) is -0.424. The number of para-hydroxylation sites is 2. The zero-order valence-electron chi connectivity index (χ0n) is 17.1. The molecule has 0 aliphatic heterocycles. The van der Waals surface area contributed by atoms with Crippen LogP contribution in [-0.4, -0.2) is 29.3 Å². The quantitative estimate of drug-likeness (QED) is 0.316. The predicted octanol–water partition coefficient (Wildman–Crippen LogP) is 4.64. The maximum atomic E-state index is 12.8. The lowest BCUT2D eigenvalue weighted by Gasteiger charge is -2.11. The van der Waals surface area contributed by atoms with Gasteiger partial charge in [0.15, 0.2) is 12.4 Å². The molecule has 0 aliphatic rings. The number of ketones is 1. The number of rotatable bonds is 8. The summed E-state index contributed by atoms with van der Waals surface area (Å²) >= 11 is 1.54. The van der Waals surface area contributed by atoms with Gasteiger partial charge in [-0.3, -0.25) is 14.4 Å². The van der Waals surface area contributed by atoms with Crippen molar-refractivity contribution < 1.29 is 19.1 Å². The van der Waals surface area contributed by atoms with Gasteiger partial charge in [0.1, 0.15) is 0 Å². The summed E-state index contributed by atoms with van der Waals surface area (Å²) in [4.78, 5) is 41.6. The van der Waals surface area contributed by atoms with Gasteiger partial charge in [-0.1, -0.05) is 54.6 Å². The van der Waals surface area contributed by atoms with Crippen LogP contribution in [0, 0.1) is 0 Å². The first-order chi connectivity index (χ1) is 15.6. The maximum Gasteiger partial charge on any atom is 0.306 e. The largest absolute Gasteiger partial charge is 0.456 e. The van der Waals surface area contributed by atoms with Gasteiger partial charge in [-0.05, 0) is 24.3 Å². The molecule has 0 radical (unpaired) electrons. The number of fused-ring (bicyclic) bond motifs is 1. The van der Waals surface area contributed by atoms with Crippen LogP contribution in [0.4, 0.5) is 5.69 Å². The monoisotopic (exact) mass is 444 g/mol. The van der Waals surface area contributed by atoms with Gasteiger partial charge in [0.2, 0.25) is 0 Å². The van der Waals surface area contributed by atoms with E-state index in [1.165, 1.54) is 11.3 Å². The number of hydrogen-bond donors (Lipinski definition) is 1. The summed E-state index contributed by atoms with van der Waals surface area (Å²) in [6, 6.07) is 23.3. The molecule has 1 N–H and O–H groups in total. The molecule has 0 unspecified atom stereocenters. The highest BCUT2D eigenvalue weighted by Crippen LogP contribution is 2.22. The zero-order valence-corrected chi connectivity index (χ0v) is 17.9. The van der Waals surface area contributed by atoms with E-state index in [1.54, 1.807) is 48.5 Å². The number of aryl methyl sites for hydroxylation is 1. The molecule has 1 amide bonds. The highest BCUT2D eigenvalue weighted by Gasteiger charge is 2.16. The van der Waals surface area contributed by atoms with Gasteiger partial charge in [-0.25, -0.2) is 4.98 Å². The van der Waals surface area contributed by atoms with Gasteiger partial charge < -0.3 is 10.1 Å². The lowest BCUT2D eigenvalue weighted by molar-refractivity contribution is -0.147. The van der Waals surface area contributed by atoms with E-state index in [1.807, 2.05) is 30.3 Å². The lowest BCUT2D eigenvalue weighted by Crippen LogP contribution is -2.22. The molecule has 4 aromatic rings. The smallest absolute Gasteiger partial charge is 0.306 e. The summed E-state index contributed by atoms with van der Waals surface area (Å²) in [7, 11) is 0. The molecule has 0 aliphatic carbocycles. The highest BCUT2D eigenvalue weighted by atomic mass is 32.1. The number of ether oxygens (including phenoxy) is 1. The maximum absolute atomic E-state index is 12.8. The topological polar surface area (TPSA) is 85.4 Å². The van der Waals surface area contributed by atoms with Gasteiger partial charge in [-0.15, -0.1) is 11.3 Å². The van der Waals surface area contributed by atoms with Crippen molar-refractivity contribution in [2.75, 3.05) is 11.9 Å². The predicted molar refractivity (Wildman–Crippen MR) is 124 cm³/mol. The Kier molecular flexibility index (Phi) is 6.67. The second kappa shape index (κ2) is 9.98. The molecule has 0 atom stereocenters. The Morgan fingerprint density at radius 3 is 2.41 bits per heavy atom. The van der Waals surface area contributed by atoms with E-state index in [0.717, 1.165) is 15.2 Å². The minimum absolute atomic E-state index is 0.135. The number of benzene rings is 3. The van der Waals surface area contributed by atoms with E-state index in [-0.39, 0.29) is 12.2 Å². The Balaban J connectivity index is 1.30. The summed E-state index contributed by atoms with van der Waals surface area (Å²) < 4.78 is 6.17. The van der Waals surface area contributed by atoms with Crippen molar-refractivity contribution >= 4 is 44.9 Å². The standard InChI is InChI=1S/C25H20N2O4S/c28-22(16-31-24(29)15-14-23-27-20-12-6-7-13-21(20)32-23)26-19-11-5-4-10-18(19)25(30)17-8-2-1-3-9-17/h1-13H,14-16H2,(H,26,28). The molecule has 160 valence electrons. The van der Waals surface area contributed by atoms with Crippen LogP contribution in [0.1, 0.15) is 27.3 Å². The van der Waals surface area contributed by atoms with Gasteiger partial charge in [0.25, 0.3) is 5.91 Å². The number of thiazole rings is 1. The van der Waals surface area contributed by atoms with Crippen molar-refractivity contribution in [3.63, 3.8) is 0 Å². The van der Waals surface area contributed by atoms with Crippen molar-refractivity contribution in [1.29, 1.82) is 0 Å². The second-order valence-electron chi connectivity index (χ2n) is 7.02. The SMILES string of the molecule is O=C(COC(=O)CCc1nc2ccccc2s1)Nc1ccccc1C(=O)c1ccccc1. The fourth-order valence-corrected chi connectivity index (χ4v) is 4.14. The van der Waals surface area contributed by atoms with Crippen LogP contribution in [0.2, 0.25) is 0 Å². The molecule has 6 nitrogen and oxygen atoms in total. The molecule has 0 fully saturated rings. The fourth-order valence-electron chi connectivity index (χ4n) is 3.18. The van der Waals surface area contributed by atoms with Crippen molar-refractivity contribution in [3.05, 3.63) is 95.0 Å². The number of esters is 1. The molecule has 0 saturated heterocycles. The minimum Gasteiger partial charge on any atom is -0.456 e. The van der Waals surface area contributed by atoms with Crippen molar-refractivity contribution in [3.8, 4) is 0 Å². The number of nitrogens with zero attached hydrogens (tertiary/aromatic N) is 1. The Labute approximate surface area is 188 Å². The first kappa shape index (κ1) is 21.4. The Bertz CT molecular complexity index is 1230. The summed E-state index contributed by atoms with van der Waals surface area (Å²) in [5, 5.41) is 3.51. The average molecular weight is 445 g/mol. The number of amides is 1. The van der Waals surface area contributed by atoms with E-state index >= 15 is 0 Å². The molecule has 1 aromatic heterocycles. The molecule has 3 aromatic carbocycles. The first-order valence-electron chi connectivity index (χ1n) is 10.1. The third-order valence-corrected chi connectivity index (χ3v) is 5.82. The molecule has 32 heavy (non-hydrogen) atoms. The Hall–Kier alpha value is -3.84. The first-order valence-corrected chi connectivity index (χ1v) is 10.9. The molecule has 1 heterocycles. The van der Waals surface area contributed by atoms with Gasteiger partial charge in [0.05, 0.1) is 27.3 Å². The third-order valence-electron chi connectivity index (χ3n) is 4.73. The number of hydrogen-bond acceptors (Lipinski definition) is 6. The Morgan fingerprint density at radius 2 is 1.59 bits per heavy atom. The van der Waals surface area contributed by atoms with E-state index in [9.17, 15) is 14.4 Å². The van der Waals surface area contributed by atoms with Crippen LogP contribution in [0.5, 0.6) is 0 Å². The summed E-state index contributed by atoms with van der Waals surface area (Å²) in [5.41, 5.74) is 2.17. The van der Waals surface area contributed by atoms with Crippen molar-refractivity contribution in [1.82, 2.24) is 4.98 Å². The van der Waals surface area contributed by atoms with Crippen molar-refractivity contribution in [2.24, 2.45) is 0 Å². The summed E-state index contributed by atoms with van der Waals surface area (Å²) in [5.74, 6) is -1.19.